The molecule has 0 heterocycles. The zero-order chi connectivity index (χ0) is 12.7. The standard InChI is InChI=1S/C14H22ClNO/c1-3-11(4-2)9-16-10-14(17)12-5-7-13(15)8-6-12/h5-8,11,14,16-17H,3-4,9-10H2,1-2H3. The fourth-order valence-electron chi connectivity index (χ4n) is 1.80. The fraction of sp³-hybridized carbons (Fsp3) is 0.571. The first-order chi connectivity index (χ1) is 8.17. The highest BCUT2D eigenvalue weighted by atomic mass is 35.5. The monoisotopic (exact) mass is 255 g/mol. The van der Waals surface area contributed by atoms with Crippen LogP contribution in [0.2, 0.25) is 5.02 Å². The lowest BCUT2D eigenvalue weighted by Gasteiger charge is -2.16. The van der Waals surface area contributed by atoms with Crippen molar-refractivity contribution in [2.75, 3.05) is 13.1 Å². The van der Waals surface area contributed by atoms with Gasteiger partial charge in [0.1, 0.15) is 0 Å². The Kier molecular flexibility index (Phi) is 6.56. The fourth-order valence-corrected chi connectivity index (χ4v) is 1.93. The Labute approximate surface area is 109 Å². The molecule has 0 aliphatic carbocycles. The Balaban J connectivity index is 2.34. The van der Waals surface area contributed by atoms with Gasteiger partial charge in [-0.25, -0.2) is 0 Å². The van der Waals surface area contributed by atoms with Crippen molar-refractivity contribution < 1.29 is 5.11 Å². The molecule has 2 N–H and O–H groups in total. The van der Waals surface area contributed by atoms with E-state index in [1.807, 2.05) is 12.1 Å². The van der Waals surface area contributed by atoms with Crippen molar-refractivity contribution in [2.24, 2.45) is 5.92 Å². The zero-order valence-electron chi connectivity index (χ0n) is 10.6. The predicted octanol–water partition coefficient (Wildman–Crippen LogP) is 3.40. The lowest BCUT2D eigenvalue weighted by atomic mass is 10.0. The SMILES string of the molecule is CCC(CC)CNCC(O)c1ccc(Cl)cc1. The minimum absolute atomic E-state index is 0.457. The van der Waals surface area contributed by atoms with E-state index in [0.29, 0.717) is 17.5 Å². The topological polar surface area (TPSA) is 32.3 Å². The van der Waals surface area contributed by atoms with Crippen LogP contribution in [0.5, 0.6) is 0 Å². The van der Waals surface area contributed by atoms with Crippen LogP contribution in [-0.4, -0.2) is 18.2 Å². The van der Waals surface area contributed by atoms with Crippen molar-refractivity contribution in [3.05, 3.63) is 34.9 Å². The van der Waals surface area contributed by atoms with Crippen LogP contribution >= 0.6 is 11.6 Å². The van der Waals surface area contributed by atoms with Crippen LogP contribution in [0.25, 0.3) is 0 Å². The second kappa shape index (κ2) is 7.70. The van der Waals surface area contributed by atoms with Gasteiger partial charge in [0.25, 0.3) is 0 Å². The quantitative estimate of drug-likeness (QED) is 0.783. The molecule has 1 rings (SSSR count). The van der Waals surface area contributed by atoms with E-state index in [0.717, 1.165) is 12.1 Å². The number of rotatable bonds is 7. The minimum Gasteiger partial charge on any atom is -0.387 e. The third-order valence-electron chi connectivity index (χ3n) is 3.18. The second-order valence-corrected chi connectivity index (χ2v) is 4.84. The number of aliphatic hydroxyl groups excluding tert-OH is 1. The van der Waals surface area contributed by atoms with Crippen molar-refractivity contribution in [3.8, 4) is 0 Å². The largest absolute Gasteiger partial charge is 0.387 e. The van der Waals surface area contributed by atoms with Gasteiger partial charge in [-0.05, 0) is 30.2 Å². The van der Waals surface area contributed by atoms with Crippen LogP contribution in [0.15, 0.2) is 24.3 Å². The molecule has 3 heteroatoms. The average Bonchev–Trinajstić information content (AvgIpc) is 2.35. The normalized spacial score (nSPS) is 13.0. The highest BCUT2D eigenvalue weighted by Crippen LogP contribution is 2.16. The average molecular weight is 256 g/mol. The van der Waals surface area contributed by atoms with E-state index >= 15 is 0 Å². The van der Waals surface area contributed by atoms with Gasteiger partial charge in [0, 0.05) is 11.6 Å². The van der Waals surface area contributed by atoms with E-state index in [9.17, 15) is 5.11 Å². The van der Waals surface area contributed by atoms with Gasteiger partial charge in [-0.15, -0.1) is 0 Å². The molecule has 1 atom stereocenters. The molecule has 17 heavy (non-hydrogen) atoms. The van der Waals surface area contributed by atoms with Gasteiger partial charge in [0.05, 0.1) is 6.10 Å². The Hall–Kier alpha value is -0.570. The van der Waals surface area contributed by atoms with Crippen LogP contribution < -0.4 is 5.32 Å². The van der Waals surface area contributed by atoms with Crippen LogP contribution in [-0.2, 0) is 0 Å². The highest BCUT2D eigenvalue weighted by molar-refractivity contribution is 6.30. The lowest BCUT2D eigenvalue weighted by Crippen LogP contribution is -2.27. The first-order valence-corrected chi connectivity index (χ1v) is 6.69. The summed E-state index contributed by atoms with van der Waals surface area (Å²) < 4.78 is 0. The molecule has 0 aliphatic heterocycles. The van der Waals surface area contributed by atoms with Gasteiger partial charge < -0.3 is 10.4 Å². The number of hydrogen-bond acceptors (Lipinski definition) is 2. The van der Waals surface area contributed by atoms with E-state index < -0.39 is 6.10 Å². The van der Waals surface area contributed by atoms with E-state index in [-0.39, 0.29) is 0 Å². The summed E-state index contributed by atoms with van der Waals surface area (Å²) in [4.78, 5) is 0. The molecule has 0 aromatic heterocycles. The van der Waals surface area contributed by atoms with Crippen LogP contribution in [0.1, 0.15) is 38.4 Å². The van der Waals surface area contributed by atoms with Gasteiger partial charge >= 0.3 is 0 Å². The predicted molar refractivity (Wildman–Crippen MR) is 73.4 cm³/mol. The maximum atomic E-state index is 9.96. The highest BCUT2D eigenvalue weighted by Gasteiger charge is 2.08. The van der Waals surface area contributed by atoms with Crippen molar-refractivity contribution in [1.29, 1.82) is 0 Å². The molecule has 96 valence electrons. The van der Waals surface area contributed by atoms with Gasteiger partial charge in [0.15, 0.2) is 0 Å². The number of benzene rings is 1. The van der Waals surface area contributed by atoms with Gasteiger partial charge in [-0.3, -0.25) is 0 Å². The minimum atomic E-state index is -0.457. The zero-order valence-corrected chi connectivity index (χ0v) is 11.4. The third kappa shape index (κ3) is 5.07. The second-order valence-electron chi connectivity index (χ2n) is 4.41. The van der Waals surface area contributed by atoms with Crippen LogP contribution in [0, 0.1) is 5.92 Å². The Morgan fingerprint density at radius 1 is 1.12 bits per heavy atom. The summed E-state index contributed by atoms with van der Waals surface area (Å²) in [5.74, 6) is 0.701. The van der Waals surface area contributed by atoms with Crippen molar-refractivity contribution in [3.63, 3.8) is 0 Å². The molecule has 1 aromatic carbocycles. The third-order valence-corrected chi connectivity index (χ3v) is 3.43. The van der Waals surface area contributed by atoms with Crippen LogP contribution in [0.4, 0.5) is 0 Å². The van der Waals surface area contributed by atoms with Crippen molar-refractivity contribution in [1.82, 2.24) is 5.32 Å². The van der Waals surface area contributed by atoms with Crippen molar-refractivity contribution in [2.45, 2.75) is 32.8 Å². The Morgan fingerprint density at radius 3 is 2.24 bits per heavy atom. The molecule has 0 saturated carbocycles. The number of halogens is 1. The maximum Gasteiger partial charge on any atom is 0.0914 e. The number of aliphatic hydroxyl groups is 1. The molecule has 1 unspecified atom stereocenters. The summed E-state index contributed by atoms with van der Waals surface area (Å²) in [7, 11) is 0. The Morgan fingerprint density at radius 2 is 1.71 bits per heavy atom. The molecule has 2 nitrogen and oxygen atoms in total. The molecule has 0 fully saturated rings. The van der Waals surface area contributed by atoms with E-state index in [4.69, 9.17) is 11.6 Å². The Bertz CT molecular complexity index is 309. The molecule has 0 radical (unpaired) electrons. The van der Waals surface area contributed by atoms with Crippen molar-refractivity contribution >= 4 is 11.6 Å². The first kappa shape index (κ1) is 14.5. The molecule has 0 saturated heterocycles. The number of nitrogens with one attached hydrogen (secondary N) is 1. The molecule has 0 aliphatic rings. The summed E-state index contributed by atoms with van der Waals surface area (Å²) in [5.41, 5.74) is 0.909. The maximum absolute atomic E-state index is 9.96. The van der Waals surface area contributed by atoms with Gasteiger partial charge in [-0.2, -0.15) is 0 Å². The van der Waals surface area contributed by atoms with E-state index in [2.05, 4.69) is 19.2 Å². The summed E-state index contributed by atoms with van der Waals surface area (Å²) in [5, 5.41) is 14.0. The molecule has 0 spiro atoms. The molecular formula is C14H22ClNO. The van der Waals surface area contributed by atoms with E-state index in [1.54, 1.807) is 12.1 Å². The number of hydrogen-bond donors (Lipinski definition) is 2. The van der Waals surface area contributed by atoms with Gasteiger partial charge in [-0.1, -0.05) is 50.4 Å². The summed E-state index contributed by atoms with van der Waals surface area (Å²) in [6.07, 6.45) is 1.91. The van der Waals surface area contributed by atoms with Gasteiger partial charge in [0.2, 0.25) is 0 Å². The summed E-state index contributed by atoms with van der Waals surface area (Å²) in [6.45, 7) is 5.97. The summed E-state index contributed by atoms with van der Waals surface area (Å²) >= 11 is 5.80. The lowest BCUT2D eigenvalue weighted by molar-refractivity contribution is 0.172. The molecule has 0 amide bonds. The molecule has 1 aromatic rings. The smallest absolute Gasteiger partial charge is 0.0914 e. The summed E-state index contributed by atoms with van der Waals surface area (Å²) in [6, 6.07) is 7.35. The van der Waals surface area contributed by atoms with Crippen LogP contribution in [0.3, 0.4) is 0 Å². The first-order valence-electron chi connectivity index (χ1n) is 6.31. The van der Waals surface area contributed by atoms with E-state index in [1.165, 1.54) is 12.8 Å². The molecular weight excluding hydrogens is 234 g/mol. The molecule has 0 bridgehead atoms.